The number of aryl methyl sites for hydroxylation is 4. The summed E-state index contributed by atoms with van der Waals surface area (Å²) in [4.78, 5) is 5.31. The predicted molar refractivity (Wildman–Crippen MR) is 271 cm³/mol. The van der Waals surface area contributed by atoms with E-state index in [1.165, 1.54) is 141 Å². The molecular formula is C58H51BN2S. The molecule has 0 atom stereocenters. The van der Waals surface area contributed by atoms with E-state index >= 15 is 0 Å². The monoisotopic (exact) mass is 818 g/mol. The van der Waals surface area contributed by atoms with E-state index in [2.05, 4.69) is 201 Å². The van der Waals surface area contributed by atoms with Crippen molar-refractivity contribution in [2.45, 2.75) is 66.2 Å². The number of hydrogen-bond acceptors (Lipinski definition) is 3. The van der Waals surface area contributed by atoms with Crippen LogP contribution in [-0.4, -0.2) is 6.85 Å². The summed E-state index contributed by atoms with van der Waals surface area (Å²) in [6, 6.07) is 62.8. The van der Waals surface area contributed by atoms with Crippen molar-refractivity contribution < 1.29 is 0 Å². The van der Waals surface area contributed by atoms with Crippen molar-refractivity contribution in [1.82, 2.24) is 0 Å². The molecule has 0 saturated carbocycles. The van der Waals surface area contributed by atoms with Crippen LogP contribution in [-0.2, 0) is 12.8 Å². The van der Waals surface area contributed by atoms with Gasteiger partial charge in [0.15, 0.2) is 0 Å². The van der Waals surface area contributed by atoms with E-state index < -0.39 is 0 Å². The molecule has 2 nitrogen and oxygen atoms in total. The predicted octanol–water partition coefficient (Wildman–Crippen LogP) is 15.4. The highest BCUT2D eigenvalue weighted by atomic mass is 32.1. The first-order chi connectivity index (χ1) is 30.5. The maximum Gasteiger partial charge on any atom is 0.333 e. The fourth-order valence-electron chi connectivity index (χ4n) is 10.5. The smallest absolute Gasteiger partial charge is 0.333 e. The van der Waals surface area contributed by atoms with Crippen molar-refractivity contribution in [2.75, 3.05) is 9.71 Å². The van der Waals surface area contributed by atoms with Crippen LogP contribution in [0.4, 0.5) is 28.4 Å². The highest BCUT2D eigenvalue weighted by Crippen LogP contribution is 2.51. The molecule has 3 heterocycles. The summed E-state index contributed by atoms with van der Waals surface area (Å²) in [6.07, 6.45) is 6.91. The molecule has 62 heavy (non-hydrogen) atoms. The van der Waals surface area contributed by atoms with Crippen molar-refractivity contribution in [2.24, 2.45) is 0 Å². The Balaban J connectivity index is 1.27. The fourth-order valence-corrected chi connectivity index (χ4v) is 11.6. The third kappa shape index (κ3) is 6.38. The molecule has 1 aromatic heterocycles. The van der Waals surface area contributed by atoms with Gasteiger partial charge in [0.05, 0.1) is 5.69 Å². The molecule has 11 rings (SSSR count). The number of unbranched alkanes of at least 4 members (excludes halogenated alkanes) is 2. The average Bonchev–Trinajstić information content (AvgIpc) is 3.67. The van der Waals surface area contributed by atoms with Crippen LogP contribution in [0.2, 0.25) is 0 Å². The fraction of sp³-hybridized carbons (Fsp3) is 0.172. The standard InChI is InChI=1S/C58H51BN2S/c1-5-7-19-40-27-30-44(31-28-40)61-52-25-14-12-23-45(52)49-34-43(57-38(3)17-16-18-39(57)4)35-54-58(49)59(61)50-36-48-46-24-13-15-26-55(46)62-56(48)37-53(50)60(54)51-32-29-41(20-8-6-2)33-47(51)42-21-10-9-11-22-42/h9-18,21-37H,5-8,19-20H2,1-4H3. The van der Waals surface area contributed by atoms with Crippen LogP contribution in [0.5, 0.6) is 0 Å². The maximum atomic E-state index is 2.66. The van der Waals surface area contributed by atoms with Gasteiger partial charge in [0.25, 0.3) is 0 Å². The first-order valence-corrected chi connectivity index (χ1v) is 23.5. The zero-order valence-electron chi connectivity index (χ0n) is 36.2. The number of benzene rings is 8. The summed E-state index contributed by atoms with van der Waals surface area (Å²) < 4.78 is 2.64. The summed E-state index contributed by atoms with van der Waals surface area (Å²) in [5.74, 6) is 0. The van der Waals surface area contributed by atoms with Crippen molar-refractivity contribution >= 4 is 77.7 Å². The first kappa shape index (κ1) is 38.6. The van der Waals surface area contributed by atoms with Gasteiger partial charge in [-0.2, -0.15) is 0 Å². The van der Waals surface area contributed by atoms with Crippen LogP contribution in [0.15, 0.2) is 164 Å². The second-order valence-corrected chi connectivity index (χ2v) is 18.5. The van der Waals surface area contributed by atoms with Crippen molar-refractivity contribution in [3.63, 3.8) is 0 Å². The van der Waals surface area contributed by atoms with Crippen LogP contribution in [0, 0.1) is 13.8 Å². The Hall–Kier alpha value is -6.36. The highest BCUT2D eigenvalue weighted by molar-refractivity contribution is 7.26. The molecule has 0 fully saturated rings. The van der Waals surface area contributed by atoms with Gasteiger partial charge in [0.1, 0.15) is 0 Å². The van der Waals surface area contributed by atoms with Gasteiger partial charge in [-0.05, 0) is 150 Å². The molecule has 0 saturated heterocycles. The van der Waals surface area contributed by atoms with Crippen molar-refractivity contribution in [1.29, 1.82) is 0 Å². The van der Waals surface area contributed by atoms with E-state index in [0.29, 0.717) is 0 Å². The second kappa shape index (κ2) is 15.8. The van der Waals surface area contributed by atoms with E-state index in [1.54, 1.807) is 0 Å². The van der Waals surface area contributed by atoms with E-state index in [0.717, 1.165) is 12.8 Å². The second-order valence-electron chi connectivity index (χ2n) is 17.4. The summed E-state index contributed by atoms with van der Waals surface area (Å²) in [5.41, 5.74) is 21.9. The number of hydrogen-bond donors (Lipinski definition) is 0. The number of fused-ring (bicyclic) bond motifs is 7. The van der Waals surface area contributed by atoms with Crippen LogP contribution in [0.1, 0.15) is 61.8 Å². The number of thiophene rings is 1. The molecule has 0 bridgehead atoms. The third-order valence-corrected chi connectivity index (χ3v) is 14.6. The Labute approximate surface area is 371 Å². The zero-order chi connectivity index (χ0) is 41.9. The molecule has 302 valence electrons. The lowest BCUT2D eigenvalue weighted by atomic mass is 9.43. The van der Waals surface area contributed by atoms with Gasteiger partial charge in [-0.15, -0.1) is 11.3 Å². The highest BCUT2D eigenvalue weighted by Gasteiger charge is 2.46. The van der Waals surface area contributed by atoms with Crippen LogP contribution in [0.3, 0.4) is 0 Å². The lowest BCUT2D eigenvalue weighted by Crippen LogP contribution is -2.61. The topological polar surface area (TPSA) is 6.48 Å². The number of anilines is 5. The summed E-state index contributed by atoms with van der Waals surface area (Å²) in [7, 11) is 0. The molecule has 0 unspecified atom stereocenters. The minimum atomic E-state index is -0.0678. The Morgan fingerprint density at radius 2 is 1.19 bits per heavy atom. The molecule has 8 aromatic carbocycles. The van der Waals surface area contributed by atoms with Crippen LogP contribution in [0.25, 0.3) is 53.6 Å². The maximum absolute atomic E-state index is 2.66. The normalized spacial score (nSPS) is 12.8. The van der Waals surface area contributed by atoms with E-state index in [9.17, 15) is 0 Å². The summed E-state index contributed by atoms with van der Waals surface area (Å²) in [6.45, 7) is 9.03. The summed E-state index contributed by atoms with van der Waals surface area (Å²) >= 11 is 1.91. The van der Waals surface area contributed by atoms with Crippen LogP contribution >= 0.6 is 11.3 Å². The minimum absolute atomic E-state index is 0.0678. The zero-order valence-corrected chi connectivity index (χ0v) is 37.0. The van der Waals surface area contributed by atoms with Gasteiger partial charge in [-0.1, -0.05) is 136 Å². The average molecular weight is 819 g/mol. The van der Waals surface area contributed by atoms with E-state index in [-0.39, 0.29) is 6.85 Å². The molecule has 9 aromatic rings. The lowest BCUT2D eigenvalue weighted by Gasteiger charge is -2.46. The van der Waals surface area contributed by atoms with Gasteiger partial charge in [-0.3, -0.25) is 0 Å². The first-order valence-electron chi connectivity index (χ1n) is 22.7. The Kier molecular flexibility index (Phi) is 9.85. The number of nitrogens with zero attached hydrogens (tertiary/aromatic N) is 2. The largest absolute Gasteiger partial charge is 0.376 e. The van der Waals surface area contributed by atoms with Gasteiger partial charge in [0, 0.05) is 54.0 Å². The minimum Gasteiger partial charge on any atom is -0.376 e. The molecule has 2 aliphatic heterocycles. The van der Waals surface area contributed by atoms with Crippen molar-refractivity contribution in [3.8, 4) is 33.4 Å². The SMILES string of the molecule is CCCCc1ccc(N2B3c4cc5c(cc4N(c4ccc(CCCC)cc4-c4ccccc4)c4cc(-c6c(C)cccc6C)cc(c43)-c3ccccc32)sc2ccccc25)cc1. The summed E-state index contributed by atoms with van der Waals surface area (Å²) in [5, 5.41) is 2.65. The molecule has 0 spiro atoms. The van der Waals surface area contributed by atoms with Gasteiger partial charge < -0.3 is 9.71 Å². The Morgan fingerprint density at radius 1 is 0.484 bits per heavy atom. The molecular weight excluding hydrogens is 768 g/mol. The molecule has 0 aliphatic carbocycles. The quantitative estimate of drug-likeness (QED) is 0.127. The number of rotatable bonds is 10. The molecule has 0 N–H and O–H groups in total. The van der Waals surface area contributed by atoms with E-state index in [1.807, 2.05) is 11.3 Å². The molecule has 2 aliphatic rings. The van der Waals surface area contributed by atoms with Crippen LogP contribution < -0.4 is 20.6 Å². The van der Waals surface area contributed by atoms with Crippen molar-refractivity contribution in [3.05, 3.63) is 186 Å². The molecule has 0 radical (unpaired) electrons. The third-order valence-electron chi connectivity index (χ3n) is 13.5. The van der Waals surface area contributed by atoms with Gasteiger partial charge >= 0.3 is 6.85 Å². The molecule has 0 amide bonds. The van der Waals surface area contributed by atoms with Gasteiger partial charge in [0.2, 0.25) is 0 Å². The van der Waals surface area contributed by atoms with Gasteiger partial charge in [-0.25, -0.2) is 0 Å². The van der Waals surface area contributed by atoms with E-state index in [4.69, 9.17) is 0 Å². The lowest BCUT2D eigenvalue weighted by molar-refractivity contribution is 0.795. The Morgan fingerprint density at radius 3 is 1.98 bits per heavy atom. The molecule has 4 heteroatoms. The number of para-hydroxylation sites is 1. The Bertz CT molecular complexity index is 3120.